The Hall–Kier alpha value is -2.94. The highest BCUT2D eigenvalue weighted by Crippen LogP contribution is 2.39. The summed E-state index contributed by atoms with van der Waals surface area (Å²) in [6.07, 6.45) is 2.32. The van der Waals surface area contributed by atoms with E-state index in [9.17, 15) is 15.0 Å². The minimum Gasteiger partial charge on any atom is -0.444 e. The number of nitrogens with zero attached hydrogens (tertiary/aromatic N) is 3. The molecule has 1 saturated heterocycles. The first-order chi connectivity index (χ1) is 23.6. The average Bonchev–Trinajstić information content (AvgIpc) is 3.38. The molecule has 51 heavy (non-hydrogen) atoms. The van der Waals surface area contributed by atoms with Crippen LogP contribution in [-0.4, -0.2) is 100.0 Å². The maximum atomic E-state index is 13.8. The number of piperazine rings is 1. The van der Waals surface area contributed by atoms with Gasteiger partial charge in [0.25, 0.3) is 5.91 Å². The molecule has 1 aromatic heterocycles. The Bertz CT molecular complexity index is 1590. The maximum Gasteiger partial charge on any atom is 0.410 e. The molecule has 284 valence electrons. The molecular formula is C39H65N5O5Si2. The number of ether oxygens (including phenoxy) is 3. The summed E-state index contributed by atoms with van der Waals surface area (Å²) < 4.78 is 20.0. The molecule has 2 amide bonds. The molecule has 0 atom stereocenters. The molecule has 2 aromatic rings. The van der Waals surface area contributed by atoms with Crippen molar-refractivity contribution in [2.75, 3.05) is 46.1 Å². The van der Waals surface area contributed by atoms with Crippen molar-refractivity contribution in [2.24, 2.45) is 5.41 Å². The topological polar surface area (TPSA) is 109 Å². The average molecular weight is 740 g/mol. The number of hydrogen-bond acceptors (Lipinski definition) is 7. The third-order valence-corrected chi connectivity index (χ3v) is 13.0. The van der Waals surface area contributed by atoms with E-state index in [-0.39, 0.29) is 17.4 Å². The van der Waals surface area contributed by atoms with E-state index in [0.717, 1.165) is 65.8 Å². The Labute approximate surface area is 308 Å². The summed E-state index contributed by atoms with van der Waals surface area (Å²) in [5.74, 6) is -0.0670. The molecular weight excluding hydrogens is 675 g/mol. The number of fused-ring (bicyclic) bond motifs is 1. The summed E-state index contributed by atoms with van der Waals surface area (Å²) in [5.41, 5.74) is 4.42. The first-order valence-electron chi connectivity index (χ1n) is 18.7. The van der Waals surface area contributed by atoms with Gasteiger partial charge in [0, 0.05) is 72.2 Å². The standard InChI is InChI=1S/C39H65N5O5Si2/c1-38(2,3)49-37(46)43-18-16-42(17-19-43)36(45)30-13-12-29-24-34(44(33(29)25-30)28-48-21-23-51(9,10)11)35(40)31-14-15-39(4,5)26-32(31)41-27-47-20-22-50(6,7)8/h12-13,24-25,40-41H,14-23,26-28H2,1-11H3. The highest BCUT2D eigenvalue weighted by Gasteiger charge is 2.31. The van der Waals surface area contributed by atoms with Gasteiger partial charge in [-0.1, -0.05) is 59.2 Å². The van der Waals surface area contributed by atoms with E-state index in [1.807, 2.05) is 39.0 Å². The highest BCUT2D eigenvalue weighted by atomic mass is 28.3. The molecule has 2 aliphatic rings. The van der Waals surface area contributed by atoms with Crippen LogP contribution in [0.5, 0.6) is 0 Å². The molecule has 1 aliphatic carbocycles. The van der Waals surface area contributed by atoms with Gasteiger partial charge in [0.1, 0.15) is 19.1 Å². The van der Waals surface area contributed by atoms with E-state index in [2.05, 4.69) is 69.1 Å². The Morgan fingerprint density at radius 1 is 0.902 bits per heavy atom. The van der Waals surface area contributed by atoms with Crippen molar-refractivity contribution < 1.29 is 23.8 Å². The predicted molar refractivity (Wildman–Crippen MR) is 213 cm³/mol. The lowest BCUT2D eigenvalue weighted by Gasteiger charge is -2.35. The third-order valence-electron chi connectivity index (χ3n) is 9.60. The lowest BCUT2D eigenvalue weighted by atomic mass is 9.75. The molecule has 0 bridgehead atoms. The number of carbonyl (C=O) groups excluding carboxylic acids is 2. The van der Waals surface area contributed by atoms with Crippen molar-refractivity contribution in [2.45, 2.75) is 118 Å². The first kappa shape index (κ1) is 40.8. The van der Waals surface area contributed by atoms with E-state index in [0.29, 0.717) is 57.5 Å². The van der Waals surface area contributed by atoms with Crippen LogP contribution in [0.1, 0.15) is 69.9 Å². The lowest BCUT2D eigenvalue weighted by molar-refractivity contribution is 0.0141. The molecule has 1 fully saturated rings. The van der Waals surface area contributed by atoms with Gasteiger partial charge in [-0.25, -0.2) is 4.79 Å². The van der Waals surface area contributed by atoms with E-state index >= 15 is 0 Å². The zero-order valence-corrected chi connectivity index (χ0v) is 35.4. The minimum absolute atomic E-state index is 0.0670. The van der Waals surface area contributed by atoms with E-state index in [1.165, 1.54) is 0 Å². The number of benzene rings is 1. The van der Waals surface area contributed by atoms with Gasteiger partial charge in [-0.05, 0) is 81.3 Å². The van der Waals surface area contributed by atoms with E-state index in [1.54, 1.807) is 9.80 Å². The van der Waals surface area contributed by atoms with Crippen LogP contribution in [0, 0.1) is 10.8 Å². The summed E-state index contributed by atoms with van der Waals surface area (Å²) >= 11 is 0. The monoisotopic (exact) mass is 739 g/mol. The lowest BCUT2D eigenvalue weighted by Crippen LogP contribution is -2.51. The number of rotatable bonds is 14. The molecule has 0 unspecified atom stereocenters. The fourth-order valence-electron chi connectivity index (χ4n) is 6.35. The van der Waals surface area contributed by atoms with Crippen LogP contribution < -0.4 is 5.32 Å². The zero-order chi connectivity index (χ0) is 37.8. The predicted octanol–water partition coefficient (Wildman–Crippen LogP) is 8.38. The molecule has 2 heterocycles. The van der Waals surface area contributed by atoms with Crippen molar-refractivity contribution in [1.82, 2.24) is 19.7 Å². The third kappa shape index (κ3) is 12.0. The molecule has 12 heteroatoms. The minimum atomic E-state index is -1.30. The van der Waals surface area contributed by atoms with Crippen LogP contribution in [0.3, 0.4) is 0 Å². The van der Waals surface area contributed by atoms with Gasteiger partial charge < -0.3 is 33.9 Å². The molecule has 2 N–H and O–H groups in total. The second kappa shape index (κ2) is 16.4. The largest absolute Gasteiger partial charge is 0.444 e. The molecule has 0 saturated carbocycles. The van der Waals surface area contributed by atoms with Crippen molar-refractivity contribution in [1.29, 1.82) is 5.41 Å². The Morgan fingerprint density at radius 2 is 1.51 bits per heavy atom. The maximum absolute atomic E-state index is 13.8. The number of aromatic nitrogens is 1. The number of amides is 2. The number of allylic oxidation sites excluding steroid dienone is 2. The van der Waals surface area contributed by atoms with Crippen molar-refractivity contribution in [3.63, 3.8) is 0 Å². The molecule has 0 spiro atoms. The van der Waals surface area contributed by atoms with Crippen molar-refractivity contribution in [3.05, 3.63) is 46.8 Å². The van der Waals surface area contributed by atoms with Gasteiger partial charge in [0.15, 0.2) is 0 Å². The van der Waals surface area contributed by atoms with Crippen LogP contribution in [0.15, 0.2) is 35.5 Å². The summed E-state index contributed by atoms with van der Waals surface area (Å²) in [5, 5.41) is 14.2. The van der Waals surface area contributed by atoms with Crippen LogP contribution in [0.4, 0.5) is 4.79 Å². The fourth-order valence-corrected chi connectivity index (χ4v) is 7.86. The van der Waals surface area contributed by atoms with Gasteiger partial charge in [-0.2, -0.15) is 0 Å². The number of nitrogens with one attached hydrogen (secondary N) is 2. The Morgan fingerprint density at radius 3 is 2.12 bits per heavy atom. The van der Waals surface area contributed by atoms with E-state index in [4.69, 9.17) is 14.2 Å². The van der Waals surface area contributed by atoms with Crippen LogP contribution in [0.25, 0.3) is 10.9 Å². The molecule has 1 aliphatic heterocycles. The fraction of sp³-hybridized carbons (Fsp3) is 0.667. The summed E-state index contributed by atoms with van der Waals surface area (Å²) in [6, 6.07) is 10.0. The quantitative estimate of drug-likeness (QED) is 0.0873. The van der Waals surface area contributed by atoms with Gasteiger partial charge in [0.05, 0.1) is 16.9 Å². The normalized spacial score (nSPS) is 17.2. The smallest absolute Gasteiger partial charge is 0.410 e. The van der Waals surface area contributed by atoms with Gasteiger partial charge in [-0.15, -0.1) is 0 Å². The SMILES string of the molecule is CC1(C)CCC(C(=N)c2cc3ccc(C(=O)N4CCN(C(=O)OC(C)(C)C)CC4)cc3n2COCC[Si](C)(C)C)=C(NCOCC[Si](C)(C)C)C1. The van der Waals surface area contributed by atoms with Crippen LogP contribution in [0.2, 0.25) is 51.4 Å². The van der Waals surface area contributed by atoms with Crippen LogP contribution >= 0.6 is 0 Å². The molecule has 1 aromatic carbocycles. The molecule has 4 rings (SSSR count). The molecule has 0 radical (unpaired) electrons. The molecule has 10 nitrogen and oxygen atoms in total. The van der Waals surface area contributed by atoms with Crippen molar-refractivity contribution in [3.8, 4) is 0 Å². The Kier molecular flexibility index (Phi) is 13.1. The second-order valence-electron chi connectivity index (χ2n) is 18.6. The Balaban J connectivity index is 1.60. The second-order valence-corrected chi connectivity index (χ2v) is 29.8. The summed E-state index contributed by atoms with van der Waals surface area (Å²) in [6.45, 7) is 28.1. The van der Waals surface area contributed by atoms with Gasteiger partial charge >= 0.3 is 6.09 Å². The number of carbonyl (C=O) groups is 2. The van der Waals surface area contributed by atoms with Gasteiger partial charge in [-0.3, -0.25) is 10.2 Å². The van der Waals surface area contributed by atoms with Crippen molar-refractivity contribution >= 4 is 44.8 Å². The summed E-state index contributed by atoms with van der Waals surface area (Å²) in [7, 11) is -2.48. The van der Waals surface area contributed by atoms with E-state index < -0.39 is 21.7 Å². The van der Waals surface area contributed by atoms with Crippen LogP contribution in [-0.2, 0) is 20.9 Å². The first-order valence-corrected chi connectivity index (χ1v) is 26.2. The van der Waals surface area contributed by atoms with Gasteiger partial charge in [0.2, 0.25) is 0 Å². The zero-order valence-electron chi connectivity index (χ0n) is 33.4. The highest BCUT2D eigenvalue weighted by molar-refractivity contribution is 6.76. The number of hydrogen-bond donors (Lipinski definition) is 2. The summed E-state index contributed by atoms with van der Waals surface area (Å²) in [4.78, 5) is 29.9.